The first-order chi connectivity index (χ1) is 10.7. The van der Waals surface area contributed by atoms with E-state index >= 15 is 0 Å². The quantitative estimate of drug-likeness (QED) is 0.816. The highest BCUT2D eigenvalue weighted by molar-refractivity contribution is 6.30. The third-order valence-electron chi connectivity index (χ3n) is 4.29. The molecule has 0 amide bonds. The lowest BCUT2D eigenvalue weighted by Crippen LogP contribution is -2.34. The summed E-state index contributed by atoms with van der Waals surface area (Å²) in [5.74, 6) is 0. The number of piperidine rings is 1. The van der Waals surface area contributed by atoms with Crippen molar-refractivity contribution in [2.24, 2.45) is 0 Å². The molecule has 0 radical (unpaired) electrons. The summed E-state index contributed by atoms with van der Waals surface area (Å²) >= 11 is 6.12. The maximum Gasteiger partial charge on any atom is 0.0726 e. The third kappa shape index (κ3) is 3.89. The summed E-state index contributed by atoms with van der Waals surface area (Å²) in [6, 6.07) is 16.4. The standard InChI is InChI=1S/C19H22ClNO/c1-21-11-9-18(10-12-21)22-14-16-5-2-3-8-19(16)15-6-4-7-17(20)13-15/h2-8,13,18H,9-12,14H2,1H3. The van der Waals surface area contributed by atoms with Crippen LogP contribution in [0.5, 0.6) is 0 Å². The molecular formula is C19H22ClNO. The van der Waals surface area contributed by atoms with E-state index in [1.54, 1.807) is 0 Å². The fraction of sp³-hybridized carbons (Fsp3) is 0.368. The lowest BCUT2D eigenvalue weighted by atomic mass is 10.00. The number of benzene rings is 2. The van der Waals surface area contributed by atoms with Gasteiger partial charge in [-0.2, -0.15) is 0 Å². The number of rotatable bonds is 4. The van der Waals surface area contributed by atoms with Crippen LogP contribution < -0.4 is 0 Å². The molecule has 1 aliphatic heterocycles. The molecule has 3 rings (SSSR count). The van der Waals surface area contributed by atoms with Crippen LogP contribution in [0, 0.1) is 0 Å². The van der Waals surface area contributed by atoms with Crippen molar-refractivity contribution in [1.29, 1.82) is 0 Å². The summed E-state index contributed by atoms with van der Waals surface area (Å²) in [6.45, 7) is 2.91. The van der Waals surface area contributed by atoms with E-state index in [2.05, 4.69) is 42.3 Å². The van der Waals surface area contributed by atoms with Crippen molar-refractivity contribution in [2.75, 3.05) is 20.1 Å². The molecule has 3 heteroatoms. The molecule has 0 spiro atoms. The predicted octanol–water partition coefficient (Wildman–Crippen LogP) is 4.62. The molecule has 1 aliphatic rings. The maximum atomic E-state index is 6.15. The number of hydrogen-bond donors (Lipinski definition) is 0. The lowest BCUT2D eigenvalue weighted by Gasteiger charge is -2.29. The van der Waals surface area contributed by atoms with Gasteiger partial charge in [-0.25, -0.2) is 0 Å². The Morgan fingerprint density at radius 2 is 1.86 bits per heavy atom. The number of halogens is 1. The van der Waals surface area contributed by atoms with Gasteiger partial charge in [0, 0.05) is 18.1 Å². The van der Waals surface area contributed by atoms with Crippen molar-refractivity contribution in [1.82, 2.24) is 4.90 Å². The van der Waals surface area contributed by atoms with E-state index in [1.165, 1.54) is 11.1 Å². The van der Waals surface area contributed by atoms with Gasteiger partial charge in [0.15, 0.2) is 0 Å². The Labute approximate surface area is 137 Å². The van der Waals surface area contributed by atoms with E-state index in [9.17, 15) is 0 Å². The van der Waals surface area contributed by atoms with Gasteiger partial charge in [0.05, 0.1) is 12.7 Å². The van der Waals surface area contributed by atoms with E-state index in [-0.39, 0.29) is 0 Å². The van der Waals surface area contributed by atoms with Gasteiger partial charge in [-0.15, -0.1) is 0 Å². The second-order valence-corrected chi connectivity index (χ2v) is 6.42. The lowest BCUT2D eigenvalue weighted by molar-refractivity contribution is 0.00232. The highest BCUT2D eigenvalue weighted by Crippen LogP contribution is 2.27. The molecule has 22 heavy (non-hydrogen) atoms. The van der Waals surface area contributed by atoms with Crippen LogP contribution in [0.4, 0.5) is 0 Å². The minimum absolute atomic E-state index is 0.378. The number of hydrogen-bond acceptors (Lipinski definition) is 2. The van der Waals surface area contributed by atoms with Gasteiger partial charge in [0.1, 0.15) is 0 Å². The van der Waals surface area contributed by atoms with Gasteiger partial charge >= 0.3 is 0 Å². The highest BCUT2D eigenvalue weighted by atomic mass is 35.5. The van der Waals surface area contributed by atoms with Crippen molar-refractivity contribution < 1.29 is 4.74 Å². The third-order valence-corrected chi connectivity index (χ3v) is 4.53. The first kappa shape index (κ1) is 15.5. The van der Waals surface area contributed by atoms with Gasteiger partial charge in [0.2, 0.25) is 0 Å². The number of nitrogens with zero attached hydrogens (tertiary/aromatic N) is 1. The molecule has 0 saturated carbocycles. The van der Waals surface area contributed by atoms with Crippen molar-refractivity contribution in [3.05, 3.63) is 59.1 Å². The second-order valence-electron chi connectivity index (χ2n) is 5.98. The van der Waals surface area contributed by atoms with Crippen LogP contribution in [-0.2, 0) is 11.3 Å². The Morgan fingerprint density at radius 1 is 1.09 bits per heavy atom. The average molecular weight is 316 g/mol. The topological polar surface area (TPSA) is 12.5 Å². The Bertz CT molecular complexity index is 620. The van der Waals surface area contributed by atoms with Crippen molar-refractivity contribution in [3.63, 3.8) is 0 Å². The minimum atomic E-state index is 0.378. The smallest absolute Gasteiger partial charge is 0.0726 e. The fourth-order valence-electron chi connectivity index (χ4n) is 2.94. The van der Waals surface area contributed by atoms with Gasteiger partial charge in [-0.05, 0) is 48.7 Å². The van der Waals surface area contributed by atoms with Crippen LogP contribution in [0.3, 0.4) is 0 Å². The molecule has 0 unspecified atom stereocenters. The van der Waals surface area contributed by atoms with Gasteiger partial charge < -0.3 is 9.64 Å². The van der Waals surface area contributed by atoms with E-state index in [4.69, 9.17) is 16.3 Å². The molecule has 0 aliphatic carbocycles. The zero-order chi connectivity index (χ0) is 15.4. The molecule has 2 aromatic rings. The van der Waals surface area contributed by atoms with Gasteiger partial charge in [0.25, 0.3) is 0 Å². The van der Waals surface area contributed by atoms with E-state index in [0.717, 1.165) is 36.5 Å². The van der Waals surface area contributed by atoms with Crippen molar-refractivity contribution in [3.8, 4) is 11.1 Å². The highest BCUT2D eigenvalue weighted by Gasteiger charge is 2.17. The predicted molar refractivity (Wildman–Crippen MR) is 92.2 cm³/mol. The SMILES string of the molecule is CN1CCC(OCc2ccccc2-c2cccc(Cl)c2)CC1. The molecule has 0 bridgehead atoms. The van der Waals surface area contributed by atoms with E-state index in [0.29, 0.717) is 12.7 Å². The largest absolute Gasteiger partial charge is 0.373 e. The molecule has 1 fully saturated rings. The first-order valence-corrected chi connectivity index (χ1v) is 8.24. The fourth-order valence-corrected chi connectivity index (χ4v) is 3.13. The molecule has 0 aromatic heterocycles. The maximum absolute atomic E-state index is 6.15. The molecule has 0 N–H and O–H groups in total. The zero-order valence-electron chi connectivity index (χ0n) is 13.0. The summed E-state index contributed by atoms with van der Waals surface area (Å²) in [4.78, 5) is 2.36. The number of ether oxygens (including phenoxy) is 1. The monoisotopic (exact) mass is 315 g/mol. The van der Waals surface area contributed by atoms with Crippen molar-refractivity contribution >= 4 is 11.6 Å². The van der Waals surface area contributed by atoms with Crippen LogP contribution in [-0.4, -0.2) is 31.1 Å². The molecule has 1 saturated heterocycles. The van der Waals surface area contributed by atoms with Crippen LogP contribution in [0.25, 0.3) is 11.1 Å². The van der Waals surface area contributed by atoms with Crippen LogP contribution in [0.2, 0.25) is 5.02 Å². The Kier molecular flexibility index (Phi) is 5.14. The Hall–Kier alpha value is -1.35. The normalized spacial score (nSPS) is 16.8. The summed E-state index contributed by atoms with van der Waals surface area (Å²) in [5.41, 5.74) is 3.58. The van der Waals surface area contributed by atoms with E-state index < -0.39 is 0 Å². The van der Waals surface area contributed by atoms with Crippen LogP contribution in [0.1, 0.15) is 18.4 Å². The summed E-state index contributed by atoms with van der Waals surface area (Å²) in [6.07, 6.45) is 2.62. The zero-order valence-corrected chi connectivity index (χ0v) is 13.7. The molecule has 0 atom stereocenters. The molecule has 116 valence electrons. The van der Waals surface area contributed by atoms with Gasteiger partial charge in [-0.3, -0.25) is 0 Å². The summed E-state index contributed by atoms with van der Waals surface area (Å²) in [7, 11) is 2.17. The van der Waals surface area contributed by atoms with Crippen LogP contribution >= 0.6 is 11.6 Å². The van der Waals surface area contributed by atoms with E-state index in [1.807, 2.05) is 18.2 Å². The molecule has 1 heterocycles. The van der Waals surface area contributed by atoms with Crippen LogP contribution in [0.15, 0.2) is 48.5 Å². The van der Waals surface area contributed by atoms with Gasteiger partial charge in [-0.1, -0.05) is 48.0 Å². The summed E-state index contributed by atoms with van der Waals surface area (Å²) < 4.78 is 6.15. The van der Waals surface area contributed by atoms with Crippen molar-refractivity contribution in [2.45, 2.75) is 25.6 Å². The Morgan fingerprint density at radius 3 is 2.64 bits per heavy atom. The minimum Gasteiger partial charge on any atom is -0.373 e. The summed E-state index contributed by atoms with van der Waals surface area (Å²) in [5, 5.41) is 0.767. The molecular weight excluding hydrogens is 294 g/mol. The first-order valence-electron chi connectivity index (χ1n) is 7.86. The average Bonchev–Trinajstić information content (AvgIpc) is 2.55. The number of likely N-dealkylation sites (tertiary alicyclic amines) is 1. The second kappa shape index (κ2) is 7.28. The Balaban J connectivity index is 1.72. The molecule has 2 nitrogen and oxygen atoms in total. The molecule has 2 aromatic carbocycles.